The van der Waals surface area contributed by atoms with Crippen LogP contribution in [-0.2, 0) is 19.6 Å². The predicted molar refractivity (Wildman–Crippen MR) is 131 cm³/mol. The summed E-state index contributed by atoms with van der Waals surface area (Å²) in [7, 11) is 2.16. The number of aryl methyl sites for hydroxylation is 1. The number of amides is 1. The Labute approximate surface area is 195 Å². The molecule has 0 saturated carbocycles. The number of nitrogens with zero attached hydrogens (tertiary/aromatic N) is 3. The Balaban J connectivity index is 1.38. The minimum atomic E-state index is -0.344. The van der Waals surface area contributed by atoms with E-state index in [1.807, 2.05) is 43.3 Å². The molecule has 1 aliphatic rings. The Morgan fingerprint density at radius 3 is 2.33 bits per heavy atom. The number of carbonyl (C=O) groups is 1. The van der Waals surface area contributed by atoms with Crippen LogP contribution in [0.15, 0.2) is 71.7 Å². The lowest BCUT2D eigenvalue weighted by Crippen LogP contribution is -2.43. The standard InChI is InChI=1S/C27H32N4O2/c1-21-6-3-8-23(16-21)20-31-11-5-10-25(27(31)33)26(32)28-18-22-7-4-9-24(17-22)19-30-14-12-29(2)13-15-30/h3-11,16-17H,12-15,18-20H2,1-2H3,(H,28,32). The number of pyridine rings is 1. The zero-order valence-electron chi connectivity index (χ0n) is 19.5. The highest BCUT2D eigenvalue weighted by atomic mass is 16.2. The number of aromatic nitrogens is 1. The van der Waals surface area contributed by atoms with Crippen molar-refractivity contribution in [2.75, 3.05) is 33.2 Å². The summed E-state index contributed by atoms with van der Waals surface area (Å²) in [6.07, 6.45) is 1.73. The normalized spacial score (nSPS) is 14.8. The molecule has 33 heavy (non-hydrogen) atoms. The number of hydrogen-bond acceptors (Lipinski definition) is 4. The van der Waals surface area contributed by atoms with Crippen LogP contribution in [0.5, 0.6) is 0 Å². The fourth-order valence-corrected chi connectivity index (χ4v) is 4.22. The Bertz CT molecular complexity index is 1160. The number of likely N-dealkylation sites (N-methyl/N-ethyl adjacent to an activating group) is 1. The van der Waals surface area contributed by atoms with E-state index in [1.165, 1.54) is 5.56 Å². The maximum atomic E-state index is 12.9. The molecule has 0 unspecified atom stereocenters. The average molecular weight is 445 g/mol. The zero-order chi connectivity index (χ0) is 23.2. The monoisotopic (exact) mass is 444 g/mol. The predicted octanol–water partition coefficient (Wildman–Crippen LogP) is 2.88. The van der Waals surface area contributed by atoms with Crippen LogP contribution in [0.25, 0.3) is 0 Å². The maximum absolute atomic E-state index is 12.9. The zero-order valence-corrected chi connectivity index (χ0v) is 19.5. The van der Waals surface area contributed by atoms with Crippen molar-refractivity contribution in [1.82, 2.24) is 19.7 Å². The van der Waals surface area contributed by atoms with Crippen molar-refractivity contribution in [1.29, 1.82) is 0 Å². The van der Waals surface area contributed by atoms with Crippen LogP contribution in [0.4, 0.5) is 0 Å². The van der Waals surface area contributed by atoms with Gasteiger partial charge in [0, 0.05) is 45.5 Å². The molecule has 1 aromatic heterocycles. The lowest BCUT2D eigenvalue weighted by Gasteiger charge is -2.32. The molecular weight excluding hydrogens is 412 g/mol. The van der Waals surface area contributed by atoms with Crippen LogP contribution < -0.4 is 10.9 Å². The van der Waals surface area contributed by atoms with Gasteiger partial charge in [-0.15, -0.1) is 0 Å². The summed E-state index contributed by atoms with van der Waals surface area (Å²) in [6.45, 7) is 8.09. The molecular formula is C27H32N4O2. The van der Waals surface area contributed by atoms with Gasteiger partial charge in [-0.25, -0.2) is 0 Å². The van der Waals surface area contributed by atoms with E-state index in [4.69, 9.17) is 0 Å². The first-order valence-corrected chi connectivity index (χ1v) is 11.5. The van der Waals surface area contributed by atoms with Gasteiger partial charge in [-0.2, -0.15) is 0 Å². The van der Waals surface area contributed by atoms with Crippen LogP contribution >= 0.6 is 0 Å². The summed E-state index contributed by atoms with van der Waals surface area (Å²) in [5.74, 6) is -0.344. The van der Waals surface area contributed by atoms with Crippen molar-refractivity contribution in [3.05, 3.63) is 105 Å². The third-order valence-electron chi connectivity index (χ3n) is 6.15. The van der Waals surface area contributed by atoms with Gasteiger partial charge in [0.2, 0.25) is 0 Å². The smallest absolute Gasteiger partial charge is 0.263 e. The third kappa shape index (κ3) is 6.18. The summed E-state index contributed by atoms with van der Waals surface area (Å²) < 4.78 is 1.58. The van der Waals surface area contributed by atoms with E-state index in [2.05, 4.69) is 34.3 Å². The van der Waals surface area contributed by atoms with Crippen molar-refractivity contribution in [2.45, 2.75) is 26.6 Å². The fraction of sp³-hybridized carbons (Fsp3) is 0.333. The average Bonchev–Trinajstić information content (AvgIpc) is 2.81. The molecule has 2 heterocycles. The van der Waals surface area contributed by atoms with E-state index in [1.54, 1.807) is 22.9 Å². The summed E-state index contributed by atoms with van der Waals surface area (Å²) in [4.78, 5) is 30.5. The number of rotatable bonds is 7. The van der Waals surface area contributed by atoms with E-state index in [9.17, 15) is 9.59 Å². The lowest BCUT2D eigenvalue weighted by molar-refractivity contribution is 0.0948. The van der Waals surface area contributed by atoms with Crippen molar-refractivity contribution < 1.29 is 4.79 Å². The van der Waals surface area contributed by atoms with E-state index in [0.717, 1.165) is 49.4 Å². The SMILES string of the molecule is Cc1cccc(Cn2cccc(C(=O)NCc3cccc(CN4CCN(C)CC4)c3)c2=O)c1. The molecule has 172 valence electrons. The van der Waals surface area contributed by atoms with Crippen LogP contribution in [0.3, 0.4) is 0 Å². The van der Waals surface area contributed by atoms with Crippen LogP contribution in [-0.4, -0.2) is 53.5 Å². The molecule has 1 amide bonds. The van der Waals surface area contributed by atoms with Crippen LogP contribution in [0.1, 0.15) is 32.6 Å². The summed E-state index contributed by atoms with van der Waals surface area (Å²) >= 11 is 0. The molecule has 6 nitrogen and oxygen atoms in total. The van der Waals surface area contributed by atoms with Gasteiger partial charge in [-0.3, -0.25) is 14.5 Å². The van der Waals surface area contributed by atoms with Gasteiger partial charge in [0.15, 0.2) is 0 Å². The van der Waals surface area contributed by atoms with Gasteiger partial charge < -0.3 is 14.8 Å². The lowest BCUT2D eigenvalue weighted by atomic mass is 10.1. The van der Waals surface area contributed by atoms with Gasteiger partial charge >= 0.3 is 0 Å². The van der Waals surface area contributed by atoms with Crippen molar-refractivity contribution >= 4 is 5.91 Å². The van der Waals surface area contributed by atoms with Crippen LogP contribution in [0, 0.1) is 6.92 Å². The molecule has 4 rings (SSSR count). The molecule has 1 fully saturated rings. The number of carbonyl (C=O) groups excluding carboxylic acids is 1. The van der Waals surface area contributed by atoms with Gasteiger partial charge in [-0.1, -0.05) is 54.1 Å². The molecule has 3 aromatic rings. The largest absolute Gasteiger partial charge is 0.348 e. The van der Waals surface area contributed by atoms with Crippen molar-refractivity contribution in [3.8, 4) is 0 Å². The molecule has 0 spiro atoms. The second kappa shape index (κ2) is 10.6. The number of nitrogens with one attached hydrogen (secondary N) is 1. The Morgan fingerprint density at radius 1 is 0.879 bits per heavy atom. The molecule has 0 bridgehead atoms. The van der Waals surface area contributed by atoms with E-state index in [0.29, 0.717) is 13.1 Å². The Morgan fingerprint density at radius 2 is 1.58 bits per heavy atom. The first-order chi connectivity index (χ1) is 16.0. The van der Waals surface area contributed by atoms with Gasteiger partial charge in [0.1, 0.15) is 5.56 Å². The first kappa shape index (κ1) is 23.0. The molecule has 1 aliphatic heterocycles. The number of benzene rings is 2. The number of piperazine rings is 1. The quantitative estimate of drug-likeness (QED) is 0.609. The third-order valence-corrected chi connectivity index (χ3v) is 6.15. The second-order valence-corrected chi connectivity index (χ2v) is 8.93. The van der Waals surface area contributed by atoms with Crippen molar-refractivity contribution in [3.63, 3.8) is 0 Å². The first-order valence-electron chi connectivity index (χ1n) is 11.5. The molecule has 1 N–H and O–H groups in total. The summed E-state index contributed by atoms with van der Waals surface area (Å²) in [6, 6.07) is 19.7. The summed E-state index contributed by atoms with van der Waals surface area (Å²) in [5.41, 5.74) is 4.34. The molecule has 2 aromatic carbocycles. The van der Waals surface area contributed by atoms with E-state index in [-0.39, 0.29) is 17.0 Å². The van der Waals surface area contributed by atoms with Crippen LogP contribution in [0.2, 0.25) is 0 Å². The Kier molecular flexibility index (Phi) is 7.37. The fourth-order valence-electron chi connectivity index (χ4n) is 4.22. The molecule has 0 atom stereocenters. The molecule has 6 heteroatoms. The molecule has 1 saturated heterocycles. The van der Waals surface area contributed by atoms with Gasteiger partial charge in [0.25, 0.3) is 11.5 Å². The van der Waals surface area contributed by atoms with Gasteiger partial charge in [0.05, 0.1) is 6.54 Å². The van der Waals surface area contributed by atoms with E-state index >= 15 is 0 Å². The number of hydrogen-bond donors (Lipinski definition) is 1. The molecule has 0 radical (unpaired) electrons. The topological polar surface area (TPSA) is 57.6 Å². The maximum Gasteiger partial charge on any atom is 0.263 e. The van der Waals surface area contributed by atoms with E-state index < -0.39 is 0 Å². The highest BCUT2D eigenvalue weighted by Crippen LogP contribution is 2.11. The van der Waals surface area contributed by atoms with Crippen molar-refractivity contribution in [2.24, 2.45) is 0 Å². The second-order valence-electron chi connectivity index (χ2n) is 8.93. The minimum Gasteiger partial charge on any atom is -0.348 e. The Hall–Kier alpha value is -3.22. The summed E-state index contributed by atoms with van der Waals surface area (Å²) in [5, 5.41) is 2.92. The highest BCUT2D eigenvalue weighted by Gasteiger charge is 2.15. The highest BCUT2D eigenvalue weighted by molar-refractivity contribution is 5.93. The van der Waals surface area contributed by atoms with Gasteiger partial charge in [-0.05, 0) is 42.8 Å². The molecule has 0 aliphatic carbocycles. The minimum absolute atomic E-state index is 0.166.